The number of nitrogens with zero attached hydrogens (tertiary/aromatic N) is 4. The maximum Gasteiger partial charge on any atom is 0.161 e. The van der Waals surface area contributed by atoms with Crippen LogP contribution in [-0.4, -0.2) is 19.1 Å². The predicted molar refractivity (Wildman–Crippen MR) is 95.0 cm³/mol. The van der Waals surface area contributed by atoms with Crippen molar-refractivity contribution in [2.45, 2.75) is 0 Å². The topological polar surface area (TPSA) is 22.6 Å². The molecule has 0 aliphatic carbocycles. The molecule has 4 heteroatoms. The molecule has 1 aromatic heterocycles. The molecule has 0 fully saturated rings. The van der Waals surface area contributed by atoms with E-state index in [0.717, 1.165) is 11.5 Å². The van der Waals surface area contributed by atoms with Crippen LogP contribution in [0.5, 0.6) is 0 Å². The van der Waals surface area contributed by atoms with Crippen LogP contribution < -0.4 is 14.7 Å². The summed E-state index contributed by atoms with van der Waals surface area (Å²) in [6.45, 7) is 0. The zero-order chi connectivity index (χ0) is 15.6. The number of benzene rings is 2. The minimum absolute atomic E-state index is 0.982. The summed E-state index contributed by atoms with van der Waals surface area (Å²) in [4.78, 5) is 11.5. The minimum atomic E-state index is 0.982. The van der Waals surface area contributed by atoms with Gasteiger partial charge in [-0.15, -0.1) is 0 Å². The summed E-state index contributed by atoms with van der Waals surface area (Å²) in [6.07, 6.45) is 1.86. The van der Waals surface area contributed by atoms with E-state index in [-0.39, 0.29) is 0 Å². The number of hydrogen-bond donors (Lipinski definition) is 0. The summed E-state index contributed by atoms with van der Waals surface area (Å²) < 4.78 is 0. The number of fused-ring (bicyclic) bond motifs is 4. The predicted octanol–water partition coefficient (Wildman–Crippen LogP) is 4.71. The van der Waals surface area contributed by atoms with E-state index in [1.807, 2.05) is 12.3 Å². The highest BCUT2D eigenvalue weighted by Gasteiger charge is 2.36. The first-order valence-electron chi connectivity index (χ1n) is 7.72. The van der Waals surface area contributed by atoms with Crippen molar-refractivity contribution in [2.75, 3.05) is 28.8 Å². The molecule has 23 heavy (non-hydrogen) atoms. The van der Waals surface area contributed by atoms with Crippen molar-refractivity contribution in [3.05, 3.63) is 60.8 Å². The second-order valence-electron chi connectivity index (χ2n) is 5.93. The van der Waals surface area contributed by atoms with Gasteiger partial charge < -0.3 is 9.80 Å². The molecule has 2 aliphatic heterocycles. The Labute approximate surface area is 135 Å². The monoisotopic (exact) mass is 300 g/mol. The molecule has 0 unspecified atom stereocenters. The van der Waals surface area contributed by atoms with Gasteiger partial charge in [0.2, 0.25) is 0 Å². The standard InChI is InChI=1S/C19H16N4/c1-21-13-7-3-4-8-14(13)23-18-15(21)9-5-10-16(18)22(2)17-11-6-12-20-19(17)23/h3-12H,1-2H3. The average Bonchev–Trinajstić information content (AvgIpc) is 2.61. The Morgan fingerprint density at radius 1 is 0.652 bits per heavy atom. The molecule has 0 spiro atoms. The molecule has 5 rings (SSSR count). The number of para-hydroxylation sites is 3. The second kappa shape index (κ2) is 4.26. The molecule has 0 bridgehead atoms. The summed E-state index contributed by atoms with van der Waals surface area (Å²) in [5.74, 6) is 0.982. The fraction of sp³-hybridized carbons (Fsp3) is 0.105. The first-order chi connectivity index (χ1) is 11.3. The smallest absolute Gasteiger partial charge is 0.161 e. The van der Waals surface area contributed by atoms with Crippen LogP contribution in [0, 0.1) is 0 Å². The summed E-state index contributed by atoms with van der Waals surface area (Å²) in [5.41, 5.74) is 7.08. The number of pyridine rings is 1. The molecule has 2 aliphatic rings. The zero-order valence-electron chi connectivity index (χ0n) is 13.1. The molecule has 3 heterocycles. The quantitative estimate of drug-likeness (QED) is 0.599. The van der Waals surface area contributed by atoms with E-state index in [1.54, 1.807) is 0 Å². The number of anilines is 7. The van der Waals surface area contributed by atoms with Gasteiger partial charge >= 0.3 is 0 Å². The van der Waals surface area contributed by atoms with E-state index < -0.39 is 0 Å². The number of aromatic nitrogens is 1. The van der Waals surface area contributed by atoms with Gasteiger partial charge in [0.15, 0.2) is 5.82 Å². The largest absolute Gasteiger partial charge is 0.341 e. The molecule has 112 valence electrons. The van der Waals surface area contributed by atoms with Crippen molar-refractivity contribution < 1.29 is 0 Å². The Balaban J connectivity index is 1.92. The molecule has 2 aromatic carbocycles. The lowest BCUT2D eigenvalue weighted by Crippen LogP contribution is -2.31. The third-order valence-corrected chi connectivity index (χ3v) is 4.76. The Morgan fingerprint density at radius 2 is 1.26 bits per heavy atom. The number of rotatable bonds is 0. The van der Waals surface area contributed by atoms with Crippen LogP contribution in [0.15, 0.2) is 60.8 Å². The van der Waals surface area contributed by atoms with Crippen molar-refractivity contribution >= 4 is 39.9 Å². The molecule has 0 saturated carbocycles. The highest BCUT2D eigenvalue weighted by molar-refractivity contribution is 6.07. The van der Waals surface area contributed by atoms with Crippen molar-refractivity contribution in [1.29, 1.82) is 0 Å². The Morgan fingerprint density at radius 3 is 2.04 bits per heavy atom. The van der Waals surface area contributed by atoms with Gasteiger partial charge in [-0.1, -0.05) is 18.2 Å². The maximum atomic E-state index is 4.69. The van der Waals surface area contributed by atoms with E-state index in [9.17, 15) is 0 Å². The lowest BCUT2D eigenvalue weighted by molar-refractivity contribution is 1.04. The van der Waals surface area contributed by atoms with Gasteiger partial charge in [0.05, 0.1) is 34.1 Å². The lowest BCUT2D eigenvalue weighted by Gasteiger charge is -2.44. The Kier molecular flexibility index (Phi) is 2.32. The molecular weight excluding hydrogens is 284 g/mol. The number of hydrogen-bond acceptors (Lipinski definition) is 4. The summed E-state index contributed by atoms with van der Waals surface area (Å²) in [7, 11) is 4.23. The highest BCUT2D eigenvalue weighted by Crippen LogP contribution is 2.58. The first kappa shape index (κ1) is 12.5. The van der Waals surface area contributed by atoms with Gasteiger partial charge in [0.1, 0.15) is 0 Å². The molecule has 0 amide bonds. The molecule has 3 aromatic rings. The SMILES string of the molecule is CN1c2ccccc2N2c3ncccc3N(C)c3cccc1c32. The maximum absolute atomic E-state index is 4.69. The van der Waals surface area contributed by atoms with Gasteiger partial charge in [-0.05, 0) is 36.4 Å². The first-order valence-corrected chi connectivity index (χ1v) is 7.72. The Hall–Kier alpha value is -3.01. The van der Waals surface area contributed by atoms with E-state index in [0.29, 0.717) is 0 Å². The van der Waals surface area contributed by atoms with Crippen LogP contribution in [-0.2, 0) is 0 Å². The van der Waals surface area contributed by atoms with Gasteiger partial charge in [0.25, 0.3) is 0 Å². The van der Waals surface area contributed by atoms with E-state index in [1.165, 1.54) is 28.4 Å². The van der Waals surface area contributed by atoms with Gasteiger partial charge in [-0.2, -0.15) is 0 Å². The highest BCUT2D eigenvalue weighted by atomic mass is 15.3. The zero-order valence-corrected chi connectivity index (χ0v) is 13.1. The minimum Gasteiger partial charge on any atom is -0.341 e. The van der Waals surface area contributed by atoms with Crippen molar-refractivity contribution in [1.82, 2.24) is 4.98 Å². The van der Waals surface area contributed by atoms with Gasteiger partial charge in [0, 0.05) is 20.3 Å². The molecule has 0 atom stereocenters. The molecule has 0 saturated heterocycles. The molecule has 0 N–H and O–H groups in total. The summed E-state index contributed by atoms with van der Waals surface area (Å²) in [5, 5.41) is 0. The summed E-state index contributed by atoms with van der Waals surface area (Å²) >= 11 is 0. The molecule has 4 nitrogen and oxygen atoms in total. The van der Waals surface area contributed by atoms with Crippen molar-refractivity contribution in [3.63, 3.8) is 0 Å². The van der Waals surface area contributed by atoms with Crippen LogP contribution in [0.3, 0.4) is 0 Å². The van der Waals surface area contributed by atoms with Crippen molar-refractivity contribution in [2.24, 2.45) is 0 Å². The van der Waals surface area contributed by atoms with E-state index >= 15 is 0 Å². The van der Waals surface area contributed by atoms with Crippen LogP contribution in [0.1, 0.15) is 0 Å². The van der Waals surface area contributed by atoms with Crippen LogP contribution >= 0.6 is 0 Å². The van der Waals surface area contributed by atoms with Gasteiger partial charge in [-0.25, -0.2) is 4.98 Å². The fourth-order valence-corrected chi connectivity index (χ4v) is 3.65. The van der Waals surface area contributed by atoms with Crippen molar-refractivity contribution in [3.8, 4) is 0 Å². The second-order valence-corrected chi connectivity index (χ2v) is 5.93. The third-order valence-electron chi connectivity index (χ3n) is 4.76. The third kappa shape index (κ3) is 1.47. The van der Waals surface area contributed by atoms with Crippen LogP contribution in [0.4, 0.5) is 39.9 Å². The molecule has 0 radical (unpaired) electrons. The molecular formula is C19H16N4. The van der Waals surface area contributed by atoms with E-state index in [4.69, 9.17) is 0 Å². The van der Waals surface area contributed by atoms with Gasteiger partial charge in [-0.3, -0.25) is 4.90 Å². The van der Waals surface area contributed by atoms with Crippen LogP contribution in [0.2, 0.25) is 0 Å². The summed E-state index contributed by atoms with van der Waals surface area (Å²) in [6, 6.07) is 19.1. The fourth-order valence-electron chi connectivity index (χ4n) is 3.65. The van der Waals surface area contributed by atoms with E-state index in [2.05, 4.69) is 82.3 Å². The lowest BCUT2D eigenvalue weighted by atomic mass is 10.0. The van der Waals surface area contributed by atoms with Crippen LogP contribution in [0.25, 0.3) is 0 Å². The average molecular weight is 300 g/mol. The Bertz CT molecular complexity index is 862. The normalized spacial score (nSPS) is 14.3.